The molecule has 0 rings (SSSR count). The fourth-order valence-corrected chi connectivity index (χ4v) is 1.52. The summed E-state index contributed by atoms with van der Waals surface area (Å²) in [6.07, 6.45) is 2.95. The predicted octanol–water partition coefficient (Wildman–Crippen LogP) is 0.0788. The van der Waals surface area contributed by atoms with E-state index in [0.29, 0.717) is 19.3 Å². The number of hydrogen-bond acceptors (Lipinski definition) is 5. The van der Waals surface area contributed by atoms with Crippen LogP contribution in [-0.4, -0.2) is 35.6 Å². The maximum absolute atomic E-state index is 11.3. The third-order valence-corrected chi connectivity index (χ3v) is 2.70. The van der Waals surface area contributed by atoms with Crippen molar-refractivity contribution in [3.05, 3.63) is 0 Å². The van der Waals surface area contributed by atoms with E-state index in [4.69, 9.17) is 5.73 Å². The highest BCUT2D eigenvalue weighted by molar-refractivity contribution is 8.14. The number of thioether (sulfide) groups is 1. The fraction of sp³-hybridized carbons (Fsp3) is 0.700. The van der Waals surface area contributed by atoms with E-state index in [1.54, 1.807) is 0 Å². The van der Waals surface area contributed by atoms with Crippen LogP contribution in [0.3, 0.4) is 0 Å². The molecule has 0 aliphatic rings. The molecule has 3 N–H and O–H groups in total. The first-order valence-corrected chi connectivity index (χ1v) is 6.16. The van der Waals surface area contributed by atoms with Gasteiger partial charge in [-0.25, -0.2) is 0 Å². The molecule has 0 aliphatic carbocycles. The number of hydrogen-bond donors (Lipinski definition) is 2. The number of carbonyl (C=O) groups is 3. The van der Waals surface area contributed by atoms with Gasteiger partial charge in [0.1, 0.15) is 6.29 Å². The van der Waals surface area contributed by atoms with Crippen LogP contribution in [0.15, 0.2) is 0 Å². The van der Waals surface area contributed by atoms with E-state index in [2.05, 4.69) is 5.32 Å². The van der Waals surface area contributed by atoms with Crippen LogP contribution < -0.4 is 11.1 Å². The molecule has 6 heteroatoms. The van der Waals surface area contributed by atoms with Gasteiger partial charge in [0, 0.05) is 6.92 Å². The first-order chi connectivity index (χ1) is 7.60. The SMILES string of the molecule is CC(=O)SCC(=O)N[C@H](C=O)CCCCN. The van der Waals surface area contributed by atoms with E-state index in [0.717, 1.165) is 24.6 Å². The van der Waals surface area contributed by atoms with Gasteiger partial charge >= 0.3 is 0 Å². The third kappa shape index (κ3) is 8.43. The Morgan fingerprint density at radius 3 is 2.62 bits per heavy atom. The van der Waals surface area contributed by atoms with Gasteiger partial charge in [-0.1, -0.05) is 11.8 Å². The highest BCUT2D eigenvalue weighted by Gasteiger charge is 2.11. The molecule has 0 unspecified atom stereocenters. The molecular weight excluding hydrogens is 228 g/mol. The summed E-state index contributed by atoms with van der Waals surface area (Å²) in [5.41, 5.74) is 5.32. The molecule has 0 fully saturated rings. The maximum atomic E-state index is 11.3. The van der Waals surface area contributed by atoms with Gasteiger partial charge in [-0.2, -0.15) is 0 Å². The molecule has 0 aromatic carbocycles. The van der Waals surface area contributed by atoms with E-state index in [1.807, 2.05) is 0 Å². The van der Waals surface area contributed by atoms with Gasteiger partial charge < -0.3 is 15.8 Å². The van der Waals surface area contributed by atoms with Crippen LogP contribution in [0.1, 0.15) is 26.2 Å². The summed E-state index contributed by atoms with van der Waals surface area (Å²) in [6, 6.07) is -0.466. The summed E-state index contributed by atoms with van der Waals surface area (Å²) >= 11 is 0.933. The Morgan fingerprint density at radius 2 is 2.12 bits per heavy atom. The number of nitrogens with two attached hydrogens (primary N) is 1. The van der Waals surface area contributed by atoms with Crippen molar-refractivity contribution in [3.8, 4) is 0 Å². The molecule has 5 nitrogen and oxygen atoms in total. The Morgan fingerprint density at radius 1 is 1.44 bits per heavy atom. The van der Waals surface area contributed by atoms with Crippen molar-refractivity contribution in [2.45, 2.75) is 32.2 Å². The van der Waals surface area contributed by atoms with Crippen molar-refractivity contribution in [1.29, 1.82) is 0 Å². The van der Waals surface area contributed by atoms with Crippen molar-refractivity contribution in [1.82, 2.24) is 5.32 Å². The number of amides is 1. The van der Waals surface area contributed by atoms with Crippen molar-refractivity contribution >= 4 is 29.1 Å². The van der Waals surface area contributed by atoms with Crippen LogP contribution in [0, 0.1) is 0 Å². The maximum Gasteiger partial charge on any atom is 0.231 e. The van der Waals surface area contributed by atoms with Gasteiger partial charge in [0.2, 0.25) is 5.91 Å². The van der Waals surface area contributed by atoms with Gasteiger partial charge in [0.15, 0.2) is 5.12 Å². The Balaban J connectivity index is 3.78. The van der Waals surface area contributed by atoms with E-state index in [1.165, 1.54) is 6.92 Å². The molecule has 0 heterocycles. The Kier molecular flexibility index (Phi) is 8.84. The van der Waals surface area contributed by atoms with Crippen molar-refractivity contribution in [2.75, 3.05) is 12.3 Å². The summed E-state index contributed by atoms with van der Waals surface area (Å²) in [5.74, 6) is -0.221. The molecular formula is C10H18N2O3S. The standard InChI is InChI=1S/C10H18N2O3S/c1-8(14)16-7-10(15)12-9(6-13)4-2-3-5-11/h6,9H,2-5,7,11H2,1H3,(H,12,15)/t9-/m0/s1. The van der Waals surface area contributed by atoms with E-state index >= 15 is 0 Å². The summed E-state index contributed by atoms with van der Waals surface area (Å²) in [5, 5.41) is 2.45. The summed E-state index contributed by atoms with van der Waals surface area (Å²) < 4.78 is 0. The Labute approximate surface area is 99.5 Å². The molecule has 0 aromatic heterocycles. The average molecular weight is 246 g/mol. The first-order valence-electron chi connectivity index (χ1n) is 5.18. The molecule has 1 atom stereocenters. The lowest BCUT2D eigenvalue weighted by molar-refractivity contribution is -0.122. The van der Waals surface area contributed by atoms with Gasteiger partial charge in [-0.3, -0.25) is 9.59 Å². The lowest BCUT2D eigenvalue weighted by Gasteiger charge is -2.11. The van der Waals surface area contributed by atoms with Crippen LogP contribution in [-0.2, 0) is 14.4 Å². The second kappa shape index (κ2) is 9.35. The highest BCUT2D eigenvalue weighted by atomic mass is 32.2. The molecule has 1 amide bonds. The molecule has 0 saturated carbocycles. The number of nitrogens with one attached hydrogen (secondary N) is 1. The van der Waals surface area contributed by atoms with Gasteiger partial charge in [-0.05, 0) is 25.8 Å². The van der Waals surface area contributed by atoms with Crippen molar-refractivity contribution in [2.24, 2.45) is 5.73 Å². The molecule has 0 saturated heterocycles. The van der Waals surface area contributed by atoms with Crippen LogP contribution in [0.4, 0.5) is 0 Å². The zero-order valence-electron chi connectivity index (χ0n) is 9.40. The van der Waals surface area contributed by atoms with Crippen molar-refractivity contribution < 1.29 is 14.4 Å². The Bertz CT molecular complexity index is 246. The molecule has 0 radical (unpaired) electrons. The van der Waals surface area contributed by atoms with Crippen LogP contribution >= 0.6 is 11.8 Å². The lowest BCUT2D eigenvalue weighted by Crippen LogP contribution is -2.37. The number of unbranched alkanes of at least 4 members (excludes halogenated alkanes) is 1. The number of carbonyl (C=O) groups excluding carboxylic acids is 3. The normalized spacial score (nSPS) is 11.9. The number of aldehydes is 1. The molecule has 92 valence electrons. The minimum Gasteiger partial charge on any atom is -0.346 e. The minimum absolute atomic E-state index is 0.0660. The van der Waals surface area contributed by atoms with Crippen LogP contribution in [0.5, 0.6) is 0 Å². The highest BCUT2D eigenvalue weighted by Crippen LogP contribution is 2.02. The molecule has 0 aromatic rings. The van der Waals surface area contributed by atoms with E-state index < -0.39 is 6.04 Å². The number of rotatable bonds is 8. The fourth-order valence-electron chi connectivity index (χ4n) is 1.10. The second-order valence-corrected chi connectivity index (χ2v) is 4.53. The van der Waals surface area contributed by atoms with Gasteiger partial charge in [0.05, 0.1) is 11.8 Å². The monoisotopic (exact) mass is 246 g/mol. The van der Waals surface area contributed by atoms with E-state index in [-0.39, 0.29) is 16.8 Å². The third-order valence-electron chi connectivity index (χ3n) is 1.89. The molecule has 0 spiro atoms. The smallest absolute Gasteiger partial charge is 0.231 e. The lowest BCUT2D eigenvalue weighted by atomic mass is 10.1. The topological polar surface area (TPSA) is 89.3 Å². The zero-order valence-corrected chi connectivity index (χ0v) is 10.2. The first kappa shape index (κ1) is 15.1. The van der Waals surface area contributed by atoms with Gasteiger partial charge in [-0.15, -0.1) is 0 Å². The summed E-state index contributed by atoms with van der Waals surface area (Å²) in [4.78, 5) is 32.5. The quantitative estimate of drug-likeness (QED) is 0.467. The van der Waals surface area contributed by atoms with Gasteiger partial charge in [0.25, 0.3) is 0 Å². The van der Waals surface area contributed by atoms with E-state index in [9.17, 15) is 14.4 Å². The minimum atomic E-state index is -0.466. The van der Waals surface area contributed by atoms with Crippen LogP contribution in [0.25, 0.3) is 0 Å². The predicted molar refractivity (Wildman–Crippen MR) is 64.0 cm³/mol. The Hall–Kier alpha value is -0.880. The zero-order chi connectivity index (χ0) is 12.4. The largest absolute Gasteiger partial charge is 0.346 e. The summed E-state index contributed by atoms with van der Waals surface area (Å²) in [7, 11) is 0. The molecule has 0 bridgehead atoms. The average Bonchev–Trinajstić information content (AvgIpc) is 2.25. The van der Waals surface area contributed by atoms with Crippen molar-refractivity contribution in [3.63, 3.8) is 0 Å². The molecule has 0 aliphatic heterocycles. The summed E-state index contributed by atoms with van der Waals surface area (Å²) in [6.45, 7) is 1.98. The molecule has 16 heavy (non-hydrogen) atoms. The van der Waals surface area contributed by atoms with Crippen LogP contribution in [0.2, 0.25) is 0 Å². The second-order valence-electron chi connectivity index (χ2n) is 3.37.